The summed E-state index contributed by atoms with van der Waals surface area (Å²) < 4.78 is 10.8. The van der Waals surface area contributed by atoms with E-state index in [1.165, 1.54) is 5.56 Å². The topological polar surface area (TPSA) is 50.8 Å². The highest BCUT2D eigenvalue weighted by atomic mass is 32.2. The number of rotatable bonds is 8. The number of hydrogen-bond donors (Lipinski definition) is 1. The van der Waals surface area contributed by atoms with Gasteiger partial charge in [0.2, 0.25) is 5.91 Å². The monoisotopic (exact) mass is 400 g/mol. The van der Waals surface area contributed by atoms with E-state index in [1.807, 2.05) is 49.4 Å². The lowest BCUT2D eigenvalue weighted by Crippen LogP contribution is -2.44. The number of ether oxygens (including phenoxy) is 2. The molecule has 1 saturated heterocycles. The van der Waals surface area contributed by atoms with Gasteiger partial charge in [-0.05, 0) is 36.8 Å². The smallest absolute Gasteiger partial charge is 0.233 e. The molecule has 150 valence electrons. The number of nitrogens with one attached hydrogen (secondary N) is 1. The van der Waals surface area contributed by atoms with Crippen molar-refractivity contribution in [3.63, 3.8) is 0 Å². The Kier molecular flexibility index (Phi) is 7.77. The van der Waals surface area contributed by atoms with Crippen molar-refractivity contribution in [2.24, 2.45) is 0 Å². The molecule has 1 fully saturated rings. The number of thioether (sulfide) groups is 1. The molecule has 1 aliphatic heterocycles. The van der Waals surface area contributed by atoms with Gasteiger partial charge in [-0.15, -0.1) is 11.8 Å². The quantitative estimate of drug-likeness (QED) is 0.689. The molecule has 2 aromatic carbocycles. The Balaban J connectivity index is 1.63. The normalized spacial score (nSPS) is 16.9. The van der Waals surface area contributed by atoms with Crippen LogP contribution in [0.15, 0.2) is 59.5 Å². The predicted molar refractivity (Wildman–Crippen MR) is 113 cm³/mol. The summed E-state index contributed by atoms with van der Waals surface area (Å²) in [5, 5.41) is 3.00. The van der Waals surface area contributed by atoms with E-state index in [2.05, 4.69) is 22.3 Å². The number of nitrogens with zero attached hydrogens (tertiary/aromatic N) is 1. The predicted octanol–water partition coefficient (Wildman–Crippen LogP) is 3.37. The lowest BCUT2D eigenvalue weighted by molar-refractivity contribution is -0.120. The van der Waals surface area contributed by atoms with Crippen LogP contribution in [0.4, 0.5) is 0 Å². The minimum absolute atomic E-state index is 0.0561. The Morgan fingerprint density at radius 3 is 2.46 bits per heavy atom. The first-order valence-electron chi connectivity index (χ1n) is 9.62. The van der Waals surface area contributed by atoms with Crippen molar-refractivity contribution >= 4 is 17.7 Å². The summed E-state index contributed by atoms with van der Waals surface area (Å²) in [7, 11) is 1.67. The van der Waals surface area contributed by atoms with Gasteiger partial charge in [-0.25, -0.2) is 0 Å². The molecule has 5 nitrogen and oxygen atoms in total. The highest BCUT2D eigenvalue weighted by molar-refractivity contribution is 8.00. The second-order valence-corrected chi connectivity index (χ2v) is 8.17. The third kappa shape index (κ3) is 5.74. The van der Waals surface area contributed by atoms with Gasteiger partial charge in [-0.2, -0.15) is 0 Å². The fourth-order valence-corrected chi connectivity index (χ4v) is 4.18. The van der Waals surface area contributed by atoms with Crippen molar-refractivity contribution in [3.05, 3.63) is 60.2 Å². The van der Waals surface area contributed by atoms with E-state index in [9.17, 15) is 4.79 Å². The average molecular weight is 401 g/mol. The summed E-state index contributed by atoms with van der Waals surface area (Å²) in [6.45, 7) is 5.69. The summed E-state index contributed by atoms with van der Waals surface area (Å²) in [5.41, 5.74) is 1.17. The maximum absolute atomic E-state index is 12.7. The van der Waals surface area contributed by atoms with E-state index in [1.54, 1.807) is 18.9 Å². The summed E-state index contributed by atoms with van der Waals surface area (Å²) in [6.07, 6.45) is 0. The number of methoxy groups -OCH3 is 1. The van der Waals surface area contributed by atoms with Crippen LogP contribution in [-0.2, 0) is 9.53 Å². The summed E-state index contributed by atoms with van der Waals surface area (Å²) in [4.78, 5) is 16.1. The third-order valence-electron chi connectivity index (χ3n) is 4.88. The van der Waals surface area contributed by atoms with Crippen LogP contribution in [-0.4, -0.2) is 56.0 Å². The molecule has 0 aromatic heterocycles. The molecule has 6 heteroatoms. The number of carbonyl (C=O) groups is 1. The molecule has 0 radical (unpaired) electrons. The molecule has 0 saturated carbocycles. The average Bonchev–Trinajstić information content (AvgIpc) is 2.75. The maximum atomic E-state index is 12.7. The lowest BCUT2D eigenvalue weighted by Gasteiger charge is -2.35. The van der Waals surface area contributed by atoms with Crippen LogP contribution >= 0.6 is 11.8 Å². The van der Waals surface area contributed by atoms with Crippen LogP contribution in [0.2, 0.25) is 0 Å². The molecular weight excluding hydrogens is 372 g/mol. The van der Waals surface area contributed by atoms with Crippen LogP contribution in [0, 0.1) is 0 Å². The Bertz CT molecular complexity index is 733. The number of carbonyl (C=O) groups excluding carboxylic acids is 1. The molecule has 2 aromatic rings. The second-order valence-electron chi connectivity index (χ2n) is 6.76. The van der Waals surface area contributed by atoms with Crippen molar-refractivity contribution in [2.45, 2.75) is 23.1 Å². The van der Waals surface area contributed by atoms with Crippen LogP contribution in [0.1, 0.15) is 18.5 Å². The summed E-state index contributed by atoms with van der Waals surface area (Å²) >= 11 is 1.58. The highest BCUT2D eigenvalue weighted by Gasteiger charge is 2.24. The van der Waals surface area contributed by atoms with Gasteiger partial charge >= 0.3 is 0 Å². The van der Waals surface area contributed by atoms with Crippen molar-refractivity contribution in [1.82, 2.24) is 10.2 Å². The standard InChI is InChI=1S/C22H28N2O3S/c1-17(28-20-6-4-3-5-7-20)22(25)23-16-21(24-12-14-27-15-13-24)18-8-10-19(26-2)11-9-18/h3-11,17,21H,12-16H2,1-2H3,(H,23,25)/t17-,21+/m1/s1. The molecule has 0 spiro atoms. The van der Waals surface area contributed by atoms with Gasteiger partial charge in [0.05, 0.1) is 31.6 Å². The molecule has 1 N–H and O–H groups in total. The molecule has 1 aliphatic rings. The summed E-state index contributed by atoms with van der Waals surface area (Å²) in [6, 6.07) is 18.2. The molecule has 1 amide bonds. The van der Waals surface area contributed by atoms with Crippen LogP contribution in [0.3, 0.4) is 0 Å². The molecule has 0 aliphatic carbocycles. The molecule has 3 rings (SSSR count). The highest BCUT2D eigenvalue weighted by Crippen LogP contribution is 2.25. The Morgan fingerprint density at radius 2 is 1.82 bits per heavy atom. The number of benzene rings is 2. The zero-order chi connectivity index (χ0) is 19.8. The molecule has 0 bridgehead atoms. The fraction of sp³-hybridized carbons (Fsp3) is 0.409. The minimum Gasteiger partial charge on any atom is -0.497 e. The van der Waals surface area contributed by atoms with Crippen molar-refractivity contribution in [1.29, 1.82) is 0 Å². The van der Waals surface area contributed by atoms with Crippen LogP contribution < -0.4 is 10.1 Å². The van der Waals surface area contributed by atoms with Crippen LogP contribution in [0.5, 0.6) is 5.75 Å². The first-order valence-corrected chi connectivity index (χ1v) is 10.5. The van der Waals surface area contributed by atoms with E-state index in [4.69, 9.17) is 9.47 Å². The van der Waals surface area contributed by atoms with Gasteiger partial charge in [0.1, 0.15) is 5.75 Å². The van der Waals surface area contributed by atoms with Crippen molar-refractivity contribution < 1.29 is 14.3 Å². The van der Waals surface area contributed by atoms with Crippen molar-refractivity contribution in [2.75, 3.05) is 40.0 Å². The van der Waals surface area contributed by atoms with E-state index in [0.29, 0.717) is 6.54 Å². The maximum Gasteiger partial charge on any atom is 0.233 e. The Hall–Kier alpha value is -2.02. The minimum atomic E-state index is -0.149. The SMILES string of the molecule is COc1ccc([C@H](CNC(=O)[C@@H](C)Sc2ccccc2)N2CCOCC2)cc1. The zero-order valence-corrected chi connectivity index (χ0v) is 17.3. The number of hydrogen-bond acceptors (Lipinski definition) is 5. The zero-order valence-electron chi connectivity index (χ0n) is 16.5. The van der Waals surface area contributed by atoms with E-state index in [0.717, 1.165) is 36.9 Å². The van der Waals surface area contributed by atoms with Crippen molar-refractivity contribution in [3.8, 4) is 5.75 Å². The van der Waals surface area contributed by atoms with Gasteiger partial charge < -0.3 is 14.8 Å². The van der Waals surface area contributed by atoms with Gasteiger partial charge in [-0.3, -0.25) is 9.69 Å². The van der Waals surface area contributed by atoms with Gasteiger partial charge in [0.25, 0.3) is 0 Å². The lowest BCUT2D eigenvalue weighted by atomic mass is 10.0. The first-order chi connectivity index (χ1) is 13.7. The fourth-order valence-electron chi connectivity index (χ4n) is 3.27. The molecule has 28 heavy (non-hydrogen) atoms. The molecular formula is C22H28N2O3S. The van der Waals surface area contributed by atoms with Gasteiger partial charge in [-0.1, -0.05) is 30.3 Å². The van der Waals surface area contributed by atoms with Gasteiger partial charge in [0.15, 0.2) is 0 Å². The number of morpholine rings is 1. The second kappa shape index (κ2) is 10.5. The van der Waals surface area contributed by atoms with E-state index in [-0.39, 0.29) is 17.2 Å². The Morgan fingerprint density at radius 1 is 1.14 bits per heavy atom. The molecule has 2 atom stereocenters. The first kappa shape index (κ1) is 20.7. The number of amides is 1. The molecule has 1 heterocycles. The Labute approximate surface area is 171 Å². The summed E-state index contributed by atoms with van der Waals surface area (Å²) in [5.74, 6) is 0.891. The van der Waals surface area contributed by atoms with E-state index < -0.39 is 0 Å². The third-order valence-corrected chi connectivity index (χ3v) is 5.99. The van der Waals surface area contributed by atoms with Crippen LogP contribution in [0.25, 0.3) is 0 Å². The molecule has 0 unspecified atom stereocenters. The largest absolute Gasteiger partial charge is 0.497 e. The van der Waals surface area contributed by atoms with Gasteiger partial charge in [0, 0.05) is 24.5 Å². The van der Waals surface area contributed by atoms with E-state index >= 15 is 0 Å².